The fourth-order valence-corrected chi connectivity index (χ4v) is 3.11. The van der Waals surface area contributed by atoms with E-state index in [-0.39, 0.29) is 43.0 Å². The van der Waals surface area contributed by atoms with E-state index < -0.39 is 72.0 Å². The molecule has 0 aromatic carbocycles. The molecule has 30 heavy (non-hydrogen) atoms. The minimum absolute atomic E-state index is 0. The van der Waals surface area contributed by atoms with Crippen molar-refractivity contribution < 1.29 is 85.3 Å². The van der Waals surface area contributed by atoms with Crippen LogP contribution in [-0.4, -0.2) is 83.3 Å². The van der Waals surface area contributed by atoms with Gasteiger partial charge in [0.2, 0.25) is 0 Å². The topological polar surface area (TPSA) is 164 Å². The maximum absolute atomic E-state index is 12.2. The molecule has 0 spiro atoms. The van der Waals surface area contributed by atoms with Crippen molar-refractivity contribution in [2.45, 2.75) is 31.9 Å². The molecule has 0 saturated heterocycles. The van der Waals surface area contributed by atoms with Crippen molar-refractivity contribution in [2.24, 2.45) is 5.92 Å². The number of carbonyl (C=O) groups excluding carboxylic acids is 3. The van der Waals surface area contributed by atoms with E-state index in [4.69, 9.17) is 14.2 Å². The number of hydrogen-bond donors (Lipinski definition) is 0. The Labute approximate surface area is 197 Å². The molecule has 0 aliphatic carbocycles. The molecule has 0 aliphatic heterocycles. The van der Waals surface area contributed by atoms with Crippen molar-refractivity contribution in [2.75, 3.05) is 47.3 Å². The summed E-state index contributed by atoms with van der Waals surface area (Å²) in [6.45, 7) is 2.17. The molecule has 0 rings (SSSR count). The summed E-state index contributed by atoms with van der Waals surface area (Å²) in [6, 6.07) is 0. The normalized spacial score (nSPS) is 13.1. The van der Waals surface area contributed by atoms with E-state index in [1.807, 2.05) is 0 Å². The number of methoxy groups -OCH3 is 1. The molecule has 0 aliphatic rings. The predicted molar refractivity (Wildman–Crippen MR) is 94.2 cm³/mol. The molecular weight excluding hydrogens is 439 g/mol. The number of rotatable bonds is 17. The van der Waals surface area contributed by atoms with E-state index in [1.165, 1.54) is 7.11 Å². The molecule has 0 radical (unpaired) electrons. The third-order valence-electron chi connectivity index (χ3n) is 3.35. The minimum atomic E-state index is -5.28. The smallest absolute Gasteiger partial charge is 0.747 e. The van der Waals surface area contributed by atoms with E-state index in [0.717, 1.165) is 0 Å². The van der Waals surface area contributed by atoms with Gasteiger partial charge >= 0.3 is 41.5 Å². The molecule has 2 unspecified atom stereocenters. The Bertz CT molecular complexity index is 609. The van der Waals surface area contributed by atoms with Crippen LogP contribution in [0, 0.1) is 5.92 Å². The molecule has 0 bridgehead atoms. The SMILES string of the molecule is CCOCOCC(=O)CC(CC(=O)OCOC)C(C(=O)OCOCC)S(=O)(=O)[O-].[Na+]. The predicted octanol–water partition coefficient (Wildman–Crippen LogP) is -3.44. The maximum Gasteiger partial charge on any atom is 1.00 e. The van der Waals surface area contributed by atoms with Crippen LogP contribution in [-0.2, 0) is 52.9 Å². The van der Waals surface area contributed by atoms with Gasteiger partial charge in [-0.25, -0.2) is 8.42 Å². The Morgan fingerprint density at radius 3 is 2.03 bits per heavy atom. The molecular formula is C16H27NaO12S. The van der Waals surface area contributed by atoms with Gasteiger partial charge in [-0.2, -0.15) is 0 Å². The van der Waals surface area contributed by atoms with E-state index in [2.05, 4.69) is 14.2 Å². The standard InChI is InChI=1S/C16H28O12S.Na/c1-4-24-10-26-8-13(17)6-12(7-14(18)27-9-23-3)15(29(20,21)22)16(19)28-11-25-5-2;/h12,15H,4-11H2,1-3H3,(H,20,21,22);/q;+1/p-1. The largest absolute Gasteiger partial charge is 1.00 e. The van der Waals surface area contributed by atoms with Crippen LogP contribution in [0.2, 0.25) is 0 Å². The number of ketones is 1. The van der Waals surface area contributed by atoms with Crippen LogP contribution in [0.15, 0.2) is 0 Å². The average molecular weight is 466 g/mol. The molecule has 12 nitrogen and oxygen atoms in total. The molecule has 0 aromatic heterocycles. The van der Waals surface area contributed by atoms with Gasteiger partial charge in [-0.3, -0.25) is 14.4 Å². The van der Waals surface area contributed by atoms with Crippen LogP contribution in [0.4, 0.5) is 0 Å². The number of ether oxygens (including phenoxy) is 6. The third-order valence-corrected chi connectivity index (χ3v) is 4.55. The summed E-state index contributed by atoms with van der Waals surface area (Å²) >= 11 is 0. The minimum Gasteiger partial charge on any atom is -0.747 e. The van der Waals surface area contributed by atoms with E-state index >= 15 is 0 Å². The summed E-state index contributed by atoms with van der Waals surface area (Å²) < 4.78 is 63.5. The van der Waals surface area contributed by atoms with Gasteiger partial charge in [0.1, 0.15) is 23.5 Å². The summed E-state index contributed by atoms with van der Waals surface area (Å²) in [6.07, 6.45) is -1.33. The third kappa shape index (κ3) is 14.4. The van der Waals surface area contributed by atoms with Gasteiger partial charge < -0.3 is 33.0 Å². The molecule has 0 N–H and O–H groups in total. The second kappa shape index (κ2) is 18.0. The quantitative estimate of drug-likeness (QED) is 0.0686. The maximum atomic E-state index is 12.2. The molecule has 170 valence electrons. The van der Waals surface area contributed by atoms with Gasteiger partial charge in [-0.05, 0) is 13.8 Å². The first kappa shape index (κ1) is 31.5. The molecule has 0 aromatic rings. The summed E-state index contributed by atoms with van der Waals surface area (Å²) in [5.74, 6) is -4.58. The molecule has 14 heteroatoms. The van der Waals surface area contributed by atoms with Crippen molar-refractivity contribution in [1.82, 2.24) is 0 Å². The van der Waals surface area contributed by atoms with Crippen LogP contribution in [0.1, 0.15) is 26.7 Å². The summed E-state index contributed by atoms with van der Waals surface area (Å²) in [7, 11) is -4.03. The zero-order valence-electron chi connectivity index (χ0n) is 17.6. The van der Waals surface area contributed by atoms with Gasteiger partial charge in [-0.15, -0.1) is 0 Å². The van der Waals surface area contributed by atoms with Crippen LogP contribution in [0.5, 0.6) is 0 Å². The second-order valence-electron chi connectivity index (χ2n) is 5.58. The Kier molecular flexibility index (Phi) is 18.9. The fraction of sp³-hybridized carbons (Fsp3) is 0.812. The molecule has 0 amide bonds. The van der Waals surface area contributed by atoms with Crippen LogP contribution in [0.3, 0.4) is 0 Å². The summed E-state index contributed by atoms with van der Waals surface area (Å²) in [5.41, 5.74) is 0. The second-order valence-corrected chi connectivity index (χ2v) is 7.07. The Morgan fingerprint density at radius 2 is 1.50 bits per heavy atom. The Morgan fingerprint density at radius 1 is 0.900 bits per heavy atom. The van der Waals surface area contributed by atoms with E-state index in [0.29, 0.717) is 6.61 Å². The van der Waals surface area contributed by atoms with E-state index in [1.54, 1.807) is 13.8 Å². The van der Waals surface area contributed by atoms with Gasteiger partial charge in [0.25, 0.3) is 0 Å². The number of hydrogen-bond acceptors (Lipinski definition) is 12. The van der Waals surface area contributed by atoms with Crippen molar-refractivity contribution in [3.8, 4) is 0 Å². The van der Waals surface area contributed by atoms with Gasteiger partial charge in [-0.1, -0.05) is 0 Å². The number of Topliss-reactive ketones (excluding diaryl/α,β-unsaturated/α-hetero) is 1. The zero-order valence-corrected chi connectivity index (χ0v) is 20.4. The first-order valence-corrected chi connectivity index (χ1v) is 10.1. The monoisotopic (exact) mass is 466 g/mol. The zero-order chi connectivity index (χ0) is 22.3. The van der Waals surface area contributed by atoms with Crippen LogP contribution >= 0.6 is 0 Å². The number of esters is 2. The first-order valence-electron chi connectivity index (χ1n) is 8.68. The first-order chi connectivity index (χ1) is 13.7. The van der Waals surface area contributed by atoms with Crippen LogP contribution < -0.4 is 29.6 Å². The average Bonchev–Trinajstić information content (AvgIpc) is 2.62. The Balaban J connectivity index is 0. The molecule has 0 fully saturated rings. The summed E-state index contributed by atoms with van der Waals surface area (Å²) in [4.78, 5) is 36.1. The van der Waals surface area contributed by atoms with Gasteiger partial charge in [0.05, 0.1) is 6.42 Å². The van der Waals surface area contributed by atoms with Gasteiger partial charge in [0, 0.05) is 32.7 Å². The van der Waals surface area contributed by atoms with Crippen LogP contribution in [0.25, 0.3) is 0 Å². The fourth-order valence-electron chi connectivity index (χ4n) is 2.14. The number of carbonyl (C=O) groups is 3. The van der Waals surface area contributed by atoms with Crippen molar-refractivity contribution in [3.05, 3.63) is 0 Å². The molecule has 0 saturated carbocycles. The molecule has 2 atom stereocenters. The molecule has 0 heterocycles. The van der Waals surface area contributed by atoms with Gasteiger partial charge in [0.15, 0.2) is 24.6 Å². The Hall–Kier alpha value is -0.640. The summed E-state index contributed by atoms with van der Waals surface area (Å²) in [5, 5.41) is -2.31. The van der Waals surface area contributed by atoms with Crippen molar-refractivity contribution >= 4 is 27.8 Å². The van der Waals surface area contributed by atoms with Crippen molar-refractivity contribution in [1.29, 1.82) is 0 Å². The van der Waals surface area contributed by atoms with Crippen molar-refractivity contribution in [3.63, 3.8) is 0 Å². The van der Waals surface area contributed by atoms with E-state index in [9.17, 15) is 27.4 Å².